The van der Waals surface area contributed by atoms with Crippen LogP contribution in [0.5, 0.6) is 0 Å². The number of likely N-dealkylation sites (N-methyl/N-ethyl adjacent to an activating group) is 1. The highest BCUT2D eigenvalue weighted by atomic mass is 19.1. The van der Waals surface area contributed by atoms with Crippen molar-refractivity contribution in [2.75, 3.05) is 13.6 Å². The van der Waals surface area contributed by atoms with Gasteiger partial charge in [-0.05, 0) is 35.8 Å². The van der Waals surface area contributed by atoms with E-state index in [1.165, 1.54) is 13.1 Å². The van der Waals surface area contributed by atoms with Crippen molar-refractivity contribution >= 4 is 11.7 Å². The molecule has 0 heterocycles. The van der Waals surface area contributed by atoms with Crippen molar-refractivity contribution in [2.45, 2.75) is 6.92 Å². The van der Waals surface area contributed by atoms with Crippen molar-refractivity contribution in [3.8, 4) is 0 Å². The van der Waals surface area contributed by atoms with Crippen LogP contribution in [0.15, 0.2) is 24.8 Å². The summed E-state index contributed by atoms with van der Waals surface area (Å²) in [7, 11) is 1.46. The number of benzene rings is 1. The standard InChI is InChI=1S/C12H14FNO2/c1-8-6-10(4-5-11(8)13)9(2)7-14(3)12(15)16/h4-6H,2,7H2,1,3H3,(H,15,16). The first kappa shape index (κ1) is 12.2. The predicted octanol–water partition coefficient (Wildman–Crippen LogP) is 2.76. The molecule has 1 aromatic rings. The smallest absolute Gasteiger partial charge is 0.407 e. The second-order valence-electron chi connectivity index (χ2n) is 3.71. The molecule has 0 aliphatic heterocycles. The average Bonchev–Trinajstić information content (AvgIpc) is 2.21. The van der Waals surface area contributed by atoms with Gasteiger partial charge < -0.3 is 10.0 Å². The summed E-state index contributed by atoms with van der Waals surface area (Å²) in [6.07, 6.45) is -1.01. The lowest BCUT2D eigenvalue weighted by atomic mass is 10.0. The first-order valence-corrected chi connectivity index (χ1v) is 4.80. The van der Waals surface area contributed by atoms with Crippen LogP contribution < -0.4 is 0 Å². The zero-order chi connectivity index (χ0) is 12.3. The third kappa shape index (κ3) is 2.82. The van der Waals surface area contributed by atoms with Crippen LogP contribution in [0.25, 0.3) is 5.57 Å². The van der Waals surface area contributed by atoms with E-state index in [2.05, 4.69) is 6.58 Å². The Morgan fingerprint density at radius 2 is 2.19 bits per heavy atom. The Bertz CT molecular complexity index is 429. The molecule has 0 aliphatic carbocycles. The molecular weight excluding hydrogens is 209 g/mol. The van der Waals surface area contributed by atoms with E-state index >= 15 is 0 Å². The number of rotatable bonds is 3. The number of hydrogen-bond donors (Lipinski definition) is 1. The summed E-state index contributed by atoms with van der Waals surface area (Å²) in [5.41, 5.74) is 1.93. The minimum atomic E-state index is -1.01. The van der Waals surface area contributed by atoms with Gasteiger partial charge in [0.25, 0.3) is 0 Å². The summed E-state index contributed by atoms with van der Waals surface area (Å²) in [6, 6.07) is 4.62. The molecule has 4 heteroatoms. The Kier molecular flexibility index (Phi) is 3.66. The third-order valence-electron chi connectivity index (χ3n) is 2.32. The van der Waals surface area contributed by atoms with Crippen LogP contribution in [0.4, 0.5) is 9.18 Å². The molecule has 0 saturated heterocycles. The molecule has 3 nitrogen and oxygen atoms in total. The van der Waals surface area contributed by atoms with Gasteiger partial charge in [0.15, 0.2) is 0 Å². The summed E-state index contributed by atoms with van der Waals surface area (Å²) in [5, 5.41) is 8.70. The molecule has 0 aromatic heterocycles. The lowest BCUT2D eigenvalue weighted by Crippen LogP contribution is -2.26. The van der Waals surface area contributed by atoms with E-state index in [1.54, 1.807) is 19.1 Å². The largest absolute Gasteiger partial charge is 0.465 e. The number of carbonyl (C=O) groups is 1. The molecule has 86 valence electrons. The van der Waals surface area contributed by atoms with Crippen molar-refractivity contribution in [1.29, 1.82) is 0 Å². The van der Waals surface area contributed by atoms with Crippen LogP contribution in [-0.2, 0) is 0 Å². The Balaban J connectivity index is 2.81. The zero-order valence-electron chi connectivity index (χ0n) is 9.33. The minimum Gasteiger partial charge on any atom is -0.465 e. The van der Waals surface area contributed by atoms with Crippen molar-refractivity contribution in [1.82, 2.24) is 4.90 Å². The molecule has 0 aliphatic rings. The van der Waals surface area contributed by atoms with Gasteiger partial charge in [-0.3, -0.25) is 0 Å². The molecule has 1 rings (SSSR count). The predicted molar refractivity (Wildman–Crippen MR) is 60.8 cm³/mol. The maximum atomic E-state index is 13.0. The molecule has 1 aromatic carbocycles. The molecule has 0 bridgehead atoms. The van der Waals surface area contributed by atoms with Gasteiger partial charge in [-0.2, -0.15) is 0 Å². The maximum absolute atomic E-state index is 13.0. The molecule has 0 unspecified atom stereocenters. The molecule has 0 spiro atoms. The molecular formula is C12H14FNO2. The number of hydrogen-bond acceptors (Lipinski definition) is 1. The van der Waals surface area contributed by atoms with Gasteiger partial charge in [0.1, 0.15) is 5.82 Å². The normalized spacial score (nSPS) is 9.94. The van der Waals surface area contributed by atoms with Crippen LogP contribution >= 0.6 is 0 Å². The van der Waals surface area contributed by atoms with E-state index in [1.807, 2.05) is 0 Å². The summed E-state index contributed by atoms with van der Waals surface area (Å²) in [6.45, 7) is 5.66. The summed E-state index contributed by atoms with van der Waals surface area (Å²) >= 11 is 0. The number of nitrogens with zero attached hydrogens (tertiary/aromatic N) is 1. The van der Waals surface area contributed by atoms with E-state index in [4.69, 9.17) is 5.11 Å². The lowest BCUT2D eigenvalue weighted by molar-refractivity contribution is 0.161. The van der Waals surface area contributed by atoms with Crippen molar-refractivity contribution in [3.05, 3.63) is 41.7 Å². The quantitative estimate of drug-likeness (QED) is 0.855. The Morgan fingerprint density at radius 3 is 2.69 bits per heavy atom. The average molecular weight is 223 g/mol. The number of amides is 1. The highest BCUT2D eigenvalue weighted by Crippen LogP contribution is 2.17. The van der Waals surface area contributed by atoms with Crippen LogP contribution in [0.2, 0.25) is 0 Å². The van der Waals surface area contributed by atoms with Gasteiger partial charge in [-0.25, -0.2) is 9.18 Å². The van der Waals surface area contributed by atoms with Crippen molar-refractivity contribution in [2.24, 2.45) is 0 Å². The van der Waals surface area contributed by atoms with Gasteiger partial charge >= 0.3 is 6.09 Å². The first-order chi connectivity index (χ1) is 7.41. The molecule has 0 atom stereocenters. The molecule has 0 fully saturated rings. The highest BCUT2D eigenvalue weighted by Gasteiger charge is 2.09. The van der Waals surface area contributed by atoms with E-state index < -0.39 is 6.09 Å². The van der Waals surface area contributed by atoms with Crippen molar-refractivity contribution in [3.63, 3.8) is 0 Å². The Labute approximate surface area is 93.8 Å². The topological polar surface area (TPSA) is 40.5 Å². The van der Waals surface area contributed by atoms with E-state index in [0.717, 1.165) is 10.5 Å². The van der Waals surface area contributed by atoms with Crippen LogP contribution in [0.1, 0.15) is 11.1 Å². The van der Waals surface area contributed by atoms with Gasteiger partial charge in [0.2, 0.25) is 0 Å². The fourth-order valence-electron chi connectivity index (χ4n) is 1.31. The number of halogens is 1. The molecule has 0 radical (unpaired) electrons. The minimum absolute atomic E-state index is 0.209. The number of aryl methyl sites for hydroxylation is 1. The fraction of sp³-hybridized carbons (Fsp3) is 0.250. The molecule has 1 amide bonds. The maximum Gasteiger partial charge on any atom is 0.407 e. The van der Waals surface area contributed by atoms with E-state index in [0.29, 0.717) is 11.1 Å². The summed E-state index contributed by atoms with van der Waals surface area (Å²) in [5.74, 6) is -0.275. The fourth-order valence-corrected chi connectivity index (χ4v) is 1.31. The van der Waals surface area contributed by atoms with Gasteiger partial charge in [-0.1, -0.05) is 12.6 Å². The monoisotopic (exact) mass is 223 g/mol. The highest BCUT2D eigenvalue weighted by molar-refractivity contribution is 5.71. The Hall–Kier alpha value is -1.84. The molecule has 16 heavy (non-hydrogen) atoms. The second-order valence-corrected chi connectivity index (χ2v) is 3.71. The van der Waals surface area contributed by atoms with E-state index in [9.17, 15) is 9.18 Å². The lowest BCUT2D eigenvalue weighted by Gasteiger charge is -2.15. The van der Waals surface area contributed by atoms with Crippen LogP contribution in [0.3, 0.4) is 0 Å². The summed E-state index contributed by atoms with van der Waals surface area (Å²) < 4.78 is 13.0. The molecule has 0 saturated carbocycles. The van der Waals surface area contributed by atoms with Gasteiger partial charge in [0.05, 0.1) is 0 Å². The number of carboxylic acid groups (broad SMARTS) is 1. The van der Waals surface area contributed by atoms with Gasteiger partial charge in [0, 0.05) is 13.6 Å². The van der Waals surface area contributed by atoms with Crippen LogP contribution in [-0.4, -0.2) is 29.7 Å². The van der Waals surface area contributed by atoms with Gasteiger partial charge in [-0.15, -0.1) is 0 Å². The Morgan fingerprint density at radius 1 is 1.56 bits per heavy atom. The second kappa shape index (κ2) is 4.79. The van der Waals surface area contributed by atoms with Crippen molar-refractivity contribution < 1.29 is 14.3 Å². The van der Waals surface area contributed by atoms with E-state index in [-0.39, 0.29) is 12.4 Å². The SMILES string of the molecule is C=C(CN(C)C(=O)O)c1ccc(F)c(C)c1. The van der Waals surface area contributed by atoms with Crippen LogP contribution in [0, 0.1) is 12.7 Å². The summed E-state index contributed by atoms with van der Waals surface area (Å²) in [4.78, 5) is 11.7. The molecule has 1 N–H and O–H groups in total. The first-order valence-electron chi connectivity index (χ1n) is 4.80. The zero-order valence-corrected chi connectivity index (χ0v) is 9.33. The third-order valence-corrected chi connectivity index (χ3v) is 2.32.